The molecule has 98 valence electrons. The largest absolute Gasteiger partial charge is 0.314 e. The summed E-state index contributed by atoms with van der Waals surface area (Å²) in [5.41, 5.74) is 1.25. The zero-order valence-electron chi connectivity index (χ0n) is 11.6. The Morgan fingerprint density at radius 1 is 1.35 bits per heavy atom. The minimum absolute atomic E-state index is 0.596. The van der Waals surface area contributed by atoms with Crippen LogP contribution in [0.4, 0.5) is 0 Å². The van der Waals surface area contributed by atoms with Gasteiger partial charge < -0.3 is 5.32 Å². The Hall–Kier alpha value is -0.410. The second-order valence-electron chi connectivity index (χ2n) is 5.18. The second kappa shape index (κ2) is 7.83. The number of aromatic nitrogens is 1. The molecule has 1 unspecified atom stereocenters. The van der Waals surface area contributed by atoms with Crippen molar-refractivity contribution in [1.29, 1.82) is 0 Å². The highest BCUT2D eigenvalue weighted by atomic mass is 32.1. The second-order valence-corrected chi connectivity index (χ2v) is 6.25. The van der Waals surface area contributed by atoms with Crippen molar-refractivity contribution in [3.8, 4) is 0 Å². The molecule has 0 bridgehead atoms. The summed E-state index contributed by atoms with van der Waals surface area (Å²) < 4.78 is 0. The minimum atomic E-state index is 0.596. The van der Waals surface area contributed by atoms with Crippen LogP contribution in [0.3, 0.4) is 0 Å². The smallest absolute Gasteiger partial charge is 0.0897 e. The van der Waals surface area contributed by atoms with Gasteiger partial charge in [0.05, 0.1) is 10.7 Å². The molecule has 0 aromatic carbocycles. The Morgan fingerprint density at radius 3 is 2.65 bits per heavy atom. The molecule has 0 aliphatic heterocycles. The first-order valence-corrected chi connectivity index (χ1v) is 7.64. The summed E-state index contributed by atoms with van der Waals surface area (Å²) in [5, 5.41) is 7.03. The molecule has 0 saturated carbocycles. The maximum atomic E-state index is 4.56. The molecule has 1 atom stereocenters. The van der Waals surface area contributed by atoms with Gasteiger partial charge in [0.1, 0.15) is 0 Å². The molecule has 1 heterocycles. The fraction of sp³-hybridized carbons (Fsp3) is 0.786. The molecular weight excluding hydrogens is 228 g/mol. The predicted octanol–water partition coefficient (Wildman–Crippen LogP) is 3.80. The van der Waals surface area contributed by atoms with Gasteiger partial charge in [-0.3, -0.25) is 0 Å². The fourth-order valence-electron chi connectivity index (χ4n) is 1.91. The zero-order valence-corrected chi connectivity index (χ0v) is 12.4. The summed E-state index contributed by atoms with van der Waals surface area (Å²) in [6.07, 6.45) is 4.84. The first-order chi connectivity index (χ1) is 8.11. The lowest BCUT2D eigenvalue weighted by Gasteiger charge is -2.18. The molecule has 2 nitrogen and oxygen atoms in total. The molecule has 0 fully saturated rings. The quantitative estimate of drug-likeness (QED) is 0.763. The van der Waals surface area contributed by atoms with E-state index in [1.165, 1.54) is 30.0 Å². The van der Waals surface area contributed by atoms with Crippen molar-refractivity contribution in [1.82, 2.24) is 10.3 Å². The first kappa shape index (κ1) is 14.7. The monoisotopic (exact) mass is 254 g/mol. The number of rotatable bonds is 8. The van der Waals surface area contributed by atoms with Gasteiger partial charge in [0.2, 0.25) is 0 Å². The van der Waals surface area contributed by atoms with Gasteiger partial charge in [0.15, 0.2) is 0 Å². The Labute approximate surface area is 110 Å². The van der Waals surface area contributed by atoms with Crippen LogP contribution < -0.4 is 5.32 Å². The highest BCUT2D eigenvalue weighted by molar-refractivity contribution is 7.09. The van der Waals surface area contributed by atoms with Crippen molar-refractivity contribution in [3.05, 3.63) is 16.1 Å². The zero-order chi connectivity index (χ0) is 12.7. The SMILES string of the molecule is CCCNC(CCC(C)C)Cc1csc(C)n1. The van der Waals surface area contributed by atoms with Gasteiger partial charge in [-0.25, -0.2) is 4.98 Å². The third kappa shape index (κ3) is 6.18. The van der Waals surface area contributed by atoms with E-state index in [2.05, 4.69) is 43.4 Å². The number of nitrogens with zero attached hydrogens (tertiary/aromatic N) is 1. The average molecular weight is 254 g/mol. The summed E-state index contributed by atoms with van der Waals surface area (Å²) >= 11 is 1.76. The molecule has 0 saturated heterocycles. The van der Waals surface area contributed by atoms with Crippen LogP contribution in [0.2, 0.25) is 0 Å². The lowest BCUT2D eigenvalue weighted by Crippen LogP contribution is -2.32. The molecule has 0 amide bonds. The van der Waals surface area contributed by atoms with E-state index in [4.69, 9.17) is 0 Å². The third-order valence-corrected chi connectivity index (χ3v) is 3.72. The Kier molecular flexibility index (Phi) is 6.75. The van der Waals surface area contributed by atoms with Gasteiger partial charge >= 0.3 is 0 Å². The summed E-state index contributed by atoms with van der Waals surface area (Å²) in [6, 6.07) is 0.596. The van der Waals surface area contributed by atoms with Crippen molar-refractivity contribution >= 4 is 11.3 Å². The number of aryl methyl sites for hydroxylation is 1. The maximum Gasteiger partial charge on any atom is 0.0897 e. The van der Waals surface area contributed by atoms with Crippen molar-refractivity contribution in [2.45, 2.75) is 59.4 Å². The topological polar surface area (TPSA) is 24.9 Å². The van der Waals surface area contributed by atoms with E-state index in [9.17, 15) is 0 Å². The average Bonchev–Trinajstić information content (AvgIpc) is 2.68. The standard InChI is InChI=1S/C14H26N2S/c1-5-8-15-13(7-6-11(2)3)9-14-10-17-12(4)16-14/h10-11,13,15H,5-9H2,1-4H3. The Bertz CT molecular complexity index is 307. The Morgan fingerprint density at radius 2 is 2.12 bits per heavy atom. The van der Waals surface area contributed by atoms with Crippen LogP contribution >= 0.6 is 11.3 Å². The van der Waals surface area contributed by atoms with Crippen molar-refractivity contribution in [2.75, 3.05) is 6.54 Å². The normalized spacial score (nSPS) is 13.2. The molecule has 1 aromatic heterocycles. The van der Waals surface area contributed by atoms with Crippen molar-refractivity contribution < 1.29 is 0 Å². The van der Waals surface area contributed by atoms with Crippen LogP contribution in [0.15, 0.2) is 5.38 Å². The highest BCUT2D eigenvalue weighted by Gasteiger charge is 2.11. The molecule has 3 heteroatoms. The molecule has 1 N–H and O–H groups in total. The van der Waals surface area contributed by atoms with Crippen molar-refractivity contribution in [3.63, 3.8) is 0 Å². The van der Waals surface area contributed by atoms with E-state index in [0.29, 0.717) is 6.04 Å². The molecule has 1 aromatic rings. The van der Waals surface area contributed by atoms with Crippen LogP contribution in [-0.2, 0) is 6.42 Å². The molecule has 0 aliphatic carbocycles. The van der Waals surface area contributed by atoms with Crippen LogP contribution in [0.5, 0.6) is 0 Å². The predicted molar refractivity (Wildman–Crippen MR) is 76.7 cm³/mol. The molecule has 1 rings (SSSR count). The summed E-state index contributed by atoms with van der Waals surface area (Å²) in [4.78, 5) is 4.56. The van der Waals surface area contributed by atoms with Crippen molar-refractivity contribution in [2.24, 2.45) is 5.92 Å². The number of hydrogen-bond donors (Lipinski definition) is 1. The van der Waals surface area contributed by atoms with Crippen LogP contribution in [0.25, 0.3) is 0 Å². The van der Waals surface area contributed by atoms with Crippen LogP contribution in [0, 0.1) is 12.8 Å². The number of hydrogen-bond acceptors (Lipinski definition) is 3. The molecule has 0 spiro atoms. The van der Waals surface area contributed by atoms with E-state index in [0.717, 1.165) is 18.9 Å². The summed E-state index contributed by atoms with van der Waals surface area (Å²) in [5.74, 6) is 0.790. The van der Waals surface area contributed by atoms with E-state index in [1.54, 1.807) is 11.3 Å². The first-order valence-electron chi connectivity index (χ1n) is 6.76. The van der Waals surface area contributed by atoms with Crippen LogP contribution in [0.1, 0.15) is 50.7 Å². The maximum absolute atomic E-state index is 4.56. The van der Waals surface area contributed by atoms with Gasteiger partial charge in [-0.2, -0.15) is 0 Å². The molecular formula is C14H26N2S. The minimum Gasteiger partial charge on any atom is -0.314 e. The lowest BCUT2D eigenvalue weighted by molar-refractivity contribution is 0.425. The molecule has 0 radical (unpaired) electrons. The molecule has 17 heavy (non-hydrogen) atoms. The van der Waals surface area contributed by atoms with Gasteiger partial charge in [-0.1, -0.05) is 20.8 Å². The van der Waals surface area contributed by atoms with Crippen LogP contribution in [-0.4, -0.2) is 17.6 Å². The number of thiazole rings is 1. The third-order valence-electron chi connectivity index (χ3n) is 2.90. The fourth-order valence-corrected chi connectivity index (χ4v) is 2.54. The lowest BCUT2D eigenvalue weighted by atomic mass is 10.0. The number of nitrogens with one attached hydrogen (secondary N) is 1. The highest BCUT2D eigenvalue weighted by Crippen LogP contribution is 2.14. The summed E-state index contributed by atoms with van der Waals surface area (Å²) in [7, 11) is 0. The summed E-state index contributed by atoms with van der Waals surface area (Å²) in [6.45, 7) is 10.0. The van der Waals surface area contributed by atoms with E-state index < -0.39 is 0 Å². The van der Waals surface area contributed by atoms with Gasteiger partial charge in [0, 0.05) is 17.8 Å². The van der Waals surface area contributed by atoms with Gasteiger partial charge in [-0.05, 0) is 38.6 Å². The van der Waals surface area contributed by atoms with E-state index in [1.807, 2.05) is 0 Å². The van der Waals surface area contributed by atoms with E-state index in [-0.39, 0.29) is 0 Å². The van der Waals surface area contributed by atoms with Gasteiger partial charge in [-0.15, -0.1) is 11.3 Å². The van der Waals surface area contributed by atoms with Gasteiger partial charge in [0.25, 0.3) is 0 Å². The molecule has 0 aliphatic rings. The van der Waals surface area contributed by atoms with E-state index >= 15 is 0 Å². The Balaban J connectivity index is 2.44.